The summed E-state index contributed by atoms with van der Waals surface area (Å²) in [5.74, 6) is 1.27. The van der Waals surface area contributed by atoms with Crippen LogP contribution in [0, 0.1) is 0 Å². The summed E-state index contributed by atoms with van der Waals surface area (Å²) in [6.07, 6.45) is 8.22. The molecule has 20 heavy (non-hydrogen) atoms. The van der Waals surface area contributed by atoms with E-state index in [4.69, 9.17) is 9.05 Å². The van der Waals surface area contributed by atoms with Crippen LogP contribution in [0.2, 0.25) is 0 Å². The molecule has 1 unspecified atom stereocenters. The molecular weight excluding hydrogens is 271 g/mol. The van der Waals surface area contributed by atoms with Gasteiger partial charge in [-0.05, 0) is 31.2 Å². The SMILES string of the molecule is CCCCO[P+](=O)Oc1ccccc1C1CCCCC1. The lowest BCUT2D eigenvalue weighted by Crippen LogP contribution is -2.05. The van der Waals surface area contributed by atoms with Crippen LogP contribution in [0.15, 0.2) is 24.3 Å². The molecule has 0 amide bonds. The van der Waals surface area contributed by atoms with Crippen LogP contribution in [-0.4, -0.2) is 6.61 Å². The molecule has 0 radical (unpaired) electrons. The molecule has 0 spiro atoms. The Labute approximate surface area is 122 Å². The second-order valence-corrected chi connectivity index (χ2v) is 6.26. The lowest BCUT2D eigenvalue weighted by Gasteiger charge is -2.22. The summed E-state index contributed by atoms with van der Waals surface area (Å²) in [5, 5.41) is 0. The van der Waals surface area contributed by atoms with Crippen LogP contribution in [0.3, 0.4) is 0 Å². The summed E-state index contributed by atoms with van der Waals surface area (Å²) >= 11 is 0. The molecule has 1 aliphatic carbocycles. The summed E-state index contributed by atoms with van der Waals surface area (Å²) < 4.78 is 22.6. The second kappa shape index (κ2) is 8.39. The van der Waals surface area contributed by atoms with Crippen LogP contribution in [0.25, 0.3) is 0 Å². The molecule has 0 N–H and O–H groups in total. The maximum absolute atomic E-state index is 11.8. The molecule has 0 aromatic heterocycles. The predicted octanol–water partition coefficient (Wildman–Crippen LogP) is 5.59. The molecule has 3 nitrogen and oxygen atoms in total. The Morgan fingerprint density at radius 3 is 2.70 bits per heavy atom. The number of para-hydroxylation sites is 1. The summed E-state index contributed by atoms with van der Waals surface area (Å²) in [5.41, 5.74) is 1.19. The molecule has 1 aliphatic rings. The average molecular weight is 295 g/mol. The molecule has 0 aliphatic heterocycles. The van der Waals surface area contributed by atoms with Crippen molar-refractivity contribution in [3.63, 3.8) is 0 Å². The van der Waals surface area contributed by atoms with Gasteiger partial charge in [-0.2, -0.15) is 0 Å². The maximum atomic E-state index is 11.8. The molecule has 1 fully saturated rings. The fraction of sp³-hybridized carbons (Fsp3) is 0.625. The highest BCUT2D eigenvalue weighted by atomic mass is 31.1. The third kappa shape index (κ3) is 4.57. The first kappa shape index (κ1) is 15.5. The molecule has 1 atom stereocenters. The van der Waals surface area contributed by atoms with Gasteiger partial charge >= 0.3 is 8.25 Å². The summed E-state index contributed by atoms with van der Waals surface area (Å²) in [7, 11) is -2.06. The minimum Gasteiger partial charge on any atom is -0.229 e. The monoisotopic (exact) mass is 295 g/mol. The topological polar surface area (TPSA) is 35.5 Å². The Morgan fingerprint density at radius 2 is 1.95 bits per heavy atom. The van der Waals surface area contributed by atoms with E-state index in [0.29, 0.717) is 12.5 Å². The molecule has 0 heterocycles. The molecule has 1 aromatic rings. The van der Waals surface area contributed by atoms with Crippen molar-refractivity contribution in [2.75, 3.05) is 6.61 Å². The number of benzene rings is 1. The van der Waals surface area contributed by atoms with E-state index in [-0.39, 0.29) is 0 Å². The molecule has 2 rings (SSSR count). The van der Waals surface area contributed by atoms with E-state index < -0.39 is 8.25 Å². The number of hydrogen-bond donors (Lipinski definition) is 0. The van der Waals surface area contributed by atoms with Gasteiger partial charge in [-0.25, -0.2) is 4.52 Å². The second-order valence-electron chi connectivity index (χ2n) is 5.37. The minimum absolute atomic E-state index is 0.497. The number of hydrogen-bond acceptors (Lipinski definition) is 3. The fourth-order valence-corrected chi connectivity index (χ4v) is 3.36. The van der Waals surface area contributed by atoms with E-state index in [2.05, 4.69) is 13.0 Å². The minimum atomic E-state index is -2.06. The van der Waals surface area contributed by atoms with Gasteiger partial charge in [0.05, 0.1) is 0 Å². The van der Waals surface area contributed by atoms with Crippen molar-refractivity contribution in [2.24, 2.45) is 0 Å². The van der Waals surface area contributed by atoms with Crippen molar-refractivity contribution >= 4 is 8.25 Å². The average Bonchev–Trinajstić information content (AvgIpc) is 2.49. The van der Waals surface area contributed by atoms with E-state index in [1.165, 1.54) is 37.7 Å². The van der Waals surface area contributed by atoms with E-state index >= 15 is 0 Å². The number of rotatable bonds is 7. The van der Waals surface area contributed by atoms with Gasteiger partial charge in [-0.1, -0.05) is 50.8 Å². The van der Waals surface area contributed by atoms with Gasteiger partial charge < -0.3 is 0 Å². The molecule has 0 saturated heterocycles. The van der Waals surface area contributed by atoms with E-state index in [0.717, 1.165) is 18.6 Å². The van der Waals surface area contributed by atoms with Gasteiger partial charge in [-0.3, -0.25) is 0 Å². The molecule has 0 bridgehead atoms. The Kier molecular flexibility index (Phi) is 6.49. The Morgan fingerprint density at radius 1 is 1.20 bits per heavy atom. The highest BCUT2D eigenvalue weighted by Crippen LogP contribution is 2.40. The Bertz CT molecular complexity index is 427. The van der Waals surface area contributed by atoms with Crippen molar-refractivity contribution in [1.82, 2.24) is 0 Å². The van der Waals surface area contributed by atoms with Crippen LogP contribution in [0.1, 0.15) is 63.4 Å². The van der Waals surface area contributed by atoms with Crippen LogP contribution in [-0.2, 0) is 9.09 Å². The Hall–Kier alpha value is -0.920. The highest BCUT2D eigenvalue weighted by Gasteiger charge is 2.26. The van der Waals surface area contributed by atoms with E-state index in [9.17, 15) is 4.57 Å². The van der Waals surface area contributed by atoms with Gasteiger partial charge in [-0.15, -0.1) is 4.52 Å². The lowest BCUT2D eigenvalue weighted by atomic mass is 9.84. The van der Waals surface area contributed by atoms with Crippen LogP contribution in [0.4, 0.5) is 0 Å². The van der Waals surface area contributed by atoms with Crippen molar-refractivity contribution < 1.29 is 13.6 Å². The molecule has 4 heteroatoms. The van der Waals surface area contributed by atoms with Crippen LogP contribution >= 0.6 is 8.25 Å². The van der Waals surface area contributed by atoms with Gasteiger partial charge in [0, 0.05) is 10.1 Å². The van der Waals surface area contributed by atoms with Crippen molar-refractivity contribution in [1.29, 1.82) is 0 Å². The zero-order chi connectivity index (χ0) is 14.2. The van der Waals surface area contributed by atoms with Crippen LogP contribution < -0.4 is 4.52 Å². The molecular formula is C16H24O3P+. The normalized spacial score (nSPS) is 16.9. The third-order valence-corrected chi connectivity index (χ3v) is 4.57. The predicted molar refractivity (Wildman–Crippen MR) is 81.4 cm³/mol. The standard InChI is InChI=1S/C16H24O3P/c1-2-3-13-18-20(17)19-16-12-8-7-11-15(16)14-9-5-4-6-10-14/h7-8,11-12,14H,2-6,9-10,13H2,1H3/q+1. The quantitative estimate of drug-likeness (QED) is 0.486. The molecule has 1 aromatic carbocycles. The lowest BCUT2D eigenvalue weighted by molar-refractivity contribution is 0.279. The van der Waals surface area contributed by atoms with E-state index in [1.807, 2.05) is 18.2 Å². The van der Waals surface area contributed by atoms with E-state index in [1.54, 1.807) is 0 Å². The first-order valence-electron chi connectivity index (χ1n) is 7.68. The smallest absolute Gasteiger partial charge is 0.229 e. The first-order chi connectivity index (χ1) is 9.81. The first-order valence-corrected chi connectivity index (χ1v) is 8.78. The van der Waals surface area contributed by atoms with Crippen molar-refractivity contribution in [3.8, 4) is 5.75 Å². The number of unbranched alkanes of at least 4 members (excludes halogenated alkanes) is 1. The zero-order valence-electron chi connectivity index (χ0n) is 12.2. The Balaban J connectivity index is 1.98. The summed E-state index contributed by atoms with van der Waals surface area (Å²) in [4.78, 5) is 0. The van der Waals surface area contributed by atoms with Crippen molar-refractivity contribution in [3.05, 3.63) is 29.8 Å². The van der Waals surface area contributed by atoms with Gasteiger partial charge in [0.15, 0.2) is 5.75 Å². The van der Waals surface area contributed by atoms with Crippen LogP contribution in [0.5, 0.6) is 5.75 Å². The summed E-state index contributed by atoms with van der Waals surface area (Å²) in [6.45, 7) is 2.58. The molecule has 1 saturated carbocycles. The fourth-order valence-electron chi connectivity index (χ4n) is 2.70. The zero-order valence-corrected chi connectivity index (χ0v) is 13.1. The highest BCUT2D eigenvalue weighted by molar-refractivity contribution is 7.33. The third-order valence-electron chi connectivity index (χ3n) is 3.83. The van der Waals surface area contributed by atoms with Gasteiger partial charge in [0.25, 0.3) is 0 Å². The van der Waals surface area contributed by atoms with Gasteiger partial charge in [0.1, 0.15) is 6.61 Å². The largest absolute Gasteiger partial charge is 0.750 e. The maximum Gasteiger partial charge on any atom is 0.750 e. The molecule has 110 valence electrons. The van der Waals surface area contributed by atoms with Crippen molar-refractivity contribution in [2.45, 2.75) is 57.8 Å². The summed E-state index contributed by atoms with van der Waals surface area (Å²) in [6, 6.07) is 7.96. The van der Waals surface area contributed by atoms with Gasteiger partial charge in [0.2, 0.25) is 0 Å².